The van der Waals surface area contributed by atoms with Crippen LogP contribution >= 0.6 is 11.8 Å². The molecule has 112 valence electrons. The fourth-order valence-corrected chi connectivity index (χ4v) is 3.29. The molecule has 1 aliphatic rings. The lowest BCUT2D eigenvalue weighted by Crippen LogP contribution is -2.28. The topological polar surface area (TPSA) is 77.2 Å². The van der Waals surface area contributed by atoms with E-state index in [4.69, 9.17) is 9.84 Å². The zero-order valence-corrected chi connectivity index (χ0v) is 13.1. The first kappa shape index (κ1) is 15.3. The minimum Gasteiger partial charge on any atom is -0.481 e. The first-order valence-electron chi connectivity index (χ1n) is 6.72. The molecule has 7 heteroatoms. The summed E-state index contributed by atoms with van der Waals surface area (Å²) in [5.74, 6) is 0.263. The third kappa shape index (κ3) is 3.15. The molecule has 0 bridgehead atoms. The quantitative estimate of drug-likeness (QED) is 0.858. The minimum atomic E-state index is -0.849. The molecule has 2 unspecified atom stereocenters. The molecule has 0 amide bonds. The van der Waals surface area contributed by atoms with E-state index in [1.807, 2.05) is 6.92 Å². The van der Waals surface area contributed by atoms with Crippen LogP contribution in [0.1, 0.15) is 45.9 Å². The SMILES string of the molecule is CC1OCCC1c1nnc(SCC(=O)O)n1C(C)(C)C. The summed E-state index contributed by atoms with van der Waals surface area (Å²) in [6.07, 6.45) is 1.05. The third-order valence-electron chi connectivity index (χ3n) is 3.36. The highest BCUT2D eigenvalue weighted by atomic mass is 32.2. The highest BCUT2D eigenvalue weighted by Gasteiger charge is 2.34. The highest BCUT2D eigenvalue weighted by molar-refractivity contribution is 7.99. The van der Waals surface area contributed by atoms with Crippen LogP contribution in [0, 0.1) is 0 Å². The van der Waals surface area contributed by atoms with Gasteiger partial charge in [0.15, 0.2) is 5.16 Å². The molecule has 1 aromatic heterocycles. The van der Waals surface area contributed by atoms with Crippen LogP contribution in [-0.2, 0) is 15.1 Å². The van der Waals surface area contributed by atoms with Crippen LogP contribution in [-0.4, -0.2) is 44.3 Å². The monoisotopic (exact) mass is 299 g/mol. The molecule has 1 aliphatic heterocycles. The standard InChI is InChI=1S/C13H21N3O3S/c1-8-9(5-6-19-8)11-14-15-12(20-7-10(17)18)16(11)13(2,3)4/h8-9H,5-7H2,1-4H3,(H,17,18). The van der Waals surface area contributed by atoms with Gasteiger partial charge >= 0.3 is 5.97 Å². The molecule has 0 saturated carbocycles. The molecule has 2 atom stereocenters. The van der Waals surface area contributed by atoms with Crippen LogP contribution in [0.25, 0.3) is 0 Å². The van der Waals surface area contributed by atoms with Crippen LogP contribution in [0.2, 0.25) is 0 Å². The van der Waals surface area contributed by atoms with Gasteiger partial charge < -0.3 is 14.4 Å². The minimum absolute atomic E-state index is 0.00899. The summed E-state index contributed by atoms with van der Waals surface area (Å²) in [4.78, 5) is 10.8. The summed E-state index contributed by atoms with van der Waals surface area (Å²) < 4.78 is 7.66. The van der Waals surface area contributed by atoms with E-state index in [2.05, 4.69) is 35.5 Å². The molecular weight excluding hydrogens is 278 g/mol. The predicted octanol–water partition coefficient (Wildman–Crippen LogP) is 2.10. The smallest absolute Gasteiger partial charge is 0.313 e. The largest absolute Gasteiger partial charge is 0.481 e. The van der Waals surface area contributed by atoms with Gasteiger partial charge in [-0.3, -0.25) is 4.79 Å². The fourth-order valence-electron chi connectivity index (χ4n) is 2.44. The number of hydrogen-bond donors (Lipinski definition) is 1. The zero-order chi connectivity index (χ0) is 14.9. The van der Waals surface area contributed by atoms with E-state index in [-0.39, 0.29) is 23.3 Å². The maximum absolute atomic E-state index is 10.8. The van der Waals surface area contributed by atoms with Gasteiger partial charge in [-0.15, -0.1) is 10.2 Å². The number of carboxylic acids is 1. The molecule has 1 aromatic rings. The Hall–Kier alpha value is -1.08. The summed E-state index contributed by atoms with van der Waals surface area (Å²) in [5.41, 5.74) is -0.192. The maximum atomic E-state index is 10.8. The van der Waals surface area contributed by atoms with Crippen molar-refractivity contribution in [3.63, 3.8) is 0 Å². The van der Waals surface area contributed by atoms with Crippen molar-refractivity contribution in [2.75, 3.05) is 12.4 Å². The zero-order valence-electron chi connectivity index (χ0n) is 12.3. The van der Waals surface area contributed by atoms with Crippen LogP contribution < -0.4 is 0 Å². The Bertz CT molecular complexity index is 496. The fraction of sp³-hybridized carbons (Fsp3) is 0.769. The predicted molar refractivity (Wildman–Crippen MR) is 76.1 cm³/mol. The number of aliphatic carboxylic acids is 1. The van der Waals surface area contributed by atoms with Gasteiger partial charge in [0.1, 0.15) is 5.82 Å². The van der Waals surface area contributed by atoms with Crippen LogP contribution in [0.3, 0.4) is 0 Å². The molecule has 0 radical (unpaired) electrons. The first-order valence-corrected chi connectivity index (χ1v) is 7.71. The molecule has 0 aromatic carbocycles. The second kappa shape index (κ2) is 5.73. The molecule has 1 fully saturated rings. The molecular formula is C13H21N3O3S. The third-order valence-corrected chi connectivity index (χ3v) is 4.28. The number of aromatic nitrogens is 3. The summed E-state index contributed by atoms with van der Waals surface area (Å²) >= 11 is 1.21. The summed E-state index contributed by atoms with van der Waals surface area (Å²) in [6, 6.07) is 0. The molecule has 20 heavy (non-hydrogen) atoms. The Morgan fingerprint density at radius 2 is 2.20 bits per heavy atom. The summed E-state index contributed by atoms with van der Waals surface area (Å²) in [5, 5.41) is 18.0. The van der Waals surface area contributed by atoms with E-state index >= 15 is 0 Å². The Morgan fingerprint density at radius 3 is 2.70 bits per heavy atom. The van der Waals surface area contributed by atoms with Crippen LogP contribution in [0.4, 0.5) is 0 Å². The van der Waals surface area contributed by atoms with Gasteiger partial charge in [0.2, 0.25) is 0 Å². The van der Waals surface area contributed by atoms with E-state index in [0.717, 1.165) is 18.9 Å². The molecule has 0 aliphatic carbocycles. The van der Waals surface area contributed by atoms with Gasteiger partial charge in [0.25, 0.3) is 0 Å². The van der Waals surface area contributed by atoms with Crippen molar-refractivity contribution in [3.8, 4) is 0 Å². The van der Waals surface area contributed by atoms with Gasteiger partial charge in [0, 0.05) is 18.1 Å². The number of thioether (sulfide) groups is 1. The Balaban J connectivity index is 2.35. The number of nitrogens with zero attached hydrogens (tertiary/aromatic N) is 3. The number of hydrogen-bond acceptors (Lipinski definition) is 5. The van der Waals surface area contributed by atoms with Crippen molar-refractivity contribution in [2.45, 2.75) is 56.8 Å². The lowest BCUT2D eigenvalue weighted by Gasteiger charge is -2.27. The van der Waals surface area contributed by atoms with E-state index in [1.165, 1.54) is 11.8 Å². The summed E-state index contributed by atoms with van der Waals surface area (Å²) in [7, 11) is 0. The Morgan fingerprint density at radius 1 is 1.50 bits per heavy atom. The van der Waals surface area contributed by atoms with Crippen LogP contribution in [0.15, 0.2) is 5.16 Å². The number of ether oxygens (including phenoxy) is 1. The molecule has 2 heterocycles. The van der Waals surface area contributed by atoms with Crippen molar-refractivity contribution in [3.05, 3.63) is 5.82 Å². The molecule has 6 nitrogen and oxygen atoms in total. The second-order valence-electron chi connectivity index (χ2n) is 6.00. The molecule has 2 rings (SSSR count). The van der Waals surface area contributed by atoms with E-state index < -0.39 is 5.97 Å². The lowest BCUT2D eigenvalue weighted by atomic mass is 10.00. The lowest BCUT2D eigenvalue weighted by molar-refractivity contribution is -0.133. The van der Waals surface area contributed by atoms with Gasteiger partial charge in [-0.05, 0) is 34.1 Å². The first-order chi connectivity index (χ1) is 9.30. The van der Waals surface area contributed by atoms with Crippen molar-refractivity contribution in [2.24, 2.45) is 0 Å². The Kier molecular flexibility index (Phi) is 4.39. The van der Waals surface area contributed by atoms with Crippen molar-refractivity contribution in [1.82, 2.24) is 14.8 Å². The van der Waals surface area contributed by atoms with Gasteiger partial charge in [0.05, 0.1) is 11.9 Å². The molecule has 1 saturated heterocycles. The van der Waals surface area contributed by atoms with Gasteiger partial charge in [-0.1, -0.05) is 11.8 Å². The van der Waals surface area contributed by atoms with E-state index in [9.17, 15) is 4.79 Å². The molecule has 1 N–H and O–H groups in total. The average Bonchev–Trinajstić information content (AvgIpc) is 2.90. The number of carboxylic acid groups (broad SMARTS) is 1. The highest BCUT2D eigenvalue weighted by Crippen LogP contribution is 2.35. The normalized spacial score (nSPS) is 23.2. The van der Waals surface area contributed by atoms with Gasteiger partial charge in [-0.2, -0.15) is 0 Å². The number of carbonyl (C=O) groups is 1. The van der Waals surface area contributed by atoms with Crippen molar-refractivity contribution >= 4 is 17.7 Å². The summed E-state index contributed by atoms with van der Waals surface area (Å²) in [6.45, 7) is 9.01. The molecule has 0 spiro atoms. The maximum Gasteiger partial charge on any atom is 0.313 e. The Labute approximate surface area is 122 Å². The second-order valence-corrected chi connectivity index (χ2v) is 6.94. The van der Waals surface area contributed by atoms with Crippen molar-refractivity contribution < 1.29 is 14.6 Å². The van der Waals surface area contributed by atoms with E-state index in [1.54, 1.807) is 0 Å². The van der Waals surface area contributed by atoms with Crippen molar-refractivity contribution in [1.29, 1.82) is 0 Å². The average molecular weight is 299 g/mol. The number of rotatable bonds is 4. The van der Waals surface area contributed by atoms with Gasteiger partial charge in [-0.25, -0.2) is 0 Å². The van der Waals surface area contributed by atoms with Crippen LogP contribution in [0.5, 0.6) is 0 Å². The van der Waals surface area contributed by atoms with E-state index in [0.29, 0.717) is 5.16 Å².